The summed E-state index contributed by atoms with van der Waals surface area (Å²) in [6, 6.07) is 2.95. The first kappa shape index (κ1) is 13.2. The lowest BCUT2D eigenvalue weighted by molar-refractivity contribution is -0.122. The summed E-state index contributed by atoms with van der Waals surface area (Å²) in [5.74, 6) is -1.55. The summed E-state index contributed by atoms with van der Waals surface area (Å²) in [5, 5.41) is 21.9. The van der Waals surface area contributed by atoms with Crippen LogP contribution in [0.3, 0.4) is 0 Å². The van der Waals surface area contributed by atoms with Crippen molar-refractivity contribution in [3.8, 4) is 11.5 Å². The molecule has 1 aliphatic heterocycles. The fourth-order valence-corrected chi connectivity index (χ4v) is 2.06. The zero-order valence-corrected chi connectivity index (χ0v) is 10.2. The van der Waals surface area contributed by atoms with Gasteiger partial charge < -0.3 is 26.2 Å². The predicted octanol–water partition coefficient (Wildman–Crippen LogP) is -1.00. The quantitative estimate of drug-likeness (QED) is 0.547. The van der Waals surface area contributed by atoms with E-state index in [4.69, 9.17) is 5.73 Å². The number of benzene rings is 1. The zero-order chi connectivity index (χ0) is 14.0. The summed E-state index contributed by atoms with van der Waals surface area (Å²) < 4.78 is 0. The number of rotatable bonds is 2. The van der Waals surface area contributed by atoms with Gasteiger partial charge in [-0.2, -0.15) is 0 Å². The van der Waals surface area contributed by atoms with Crippen molar-refractivity contribution >= 4 is 11.8 Å². The highest BCUT2D eigenvalue weighted by molar-refractivity contribution is 5.99. The molecular weight excluding hydrogens is 250 g/mol. The molecule has 1 aliphatic rings. The average molecular weight is 265 g/mol. The Bertz CT molecular complexity index is 518. The third kappa shape index (κ3) is 2.60. The Morgan fingerprint density at radius 3 is 2.74 bits per heavy atom. The van der Waals surface area contributed by atoms with Crippen molar-refractivity contribution < 1.29 is 19.8 Å². The smallest absolute Gasteiger partial charge is 0.258 e. The molecule has 0 aromatic heterocycles. The van der Waals surface area contributed by atoms with Crippen LogP contribution in [0, 0.1) is 0 Å². The Labute approximate surface area is 109 Å². The standard InChI is InChI=1S/C12H15N3O4/c13-11(18)9-6-14-3-4-15(9)12(19)8-2-1-7(16)5-10(8)17/h1-2,5,9,14,16-17H,3-4,6H2,(H2,13,18). The maximum atomic E-state index is 12.3. The minimum atomic E-state index is -0.741. The molecule has 1 aromatic rings. The van der Waals surface area contributed by atoms with Crippen molar-refractivity contribution in [3.63, 3.8) is 0 Å². The molecule has 2 rings (SSSR count). The van der Waals surface area contributed by atoms with Gasteiger partial charge in [0.2, 0.25) is 5.91 Å². The maximum Gasteiger partial charge on any atom is 0.258 e. The van der Waals surface area contributed by atoms with Crippen LogP contribution >= 0.6 is 0 Å². The van der Waals surface area contributed by atoms with Crippen LogP contribution in [0.1, 0.15) is 10.4 Å². The number of hydrogen-bond donors (Lipinski definition) is 4. The van der Waals surface area contributed by atoms with Crippen LogP contribution in [0.4, 0.5) is 0 Å². The molecule has 0 saturated carbocycles. The molecule has 1 saturated heterocycles. The summed E-state index contributed by atoms with van der Waals surface area (Å²) in [6.07, 6.45) is 0. The number of primary amides is 1. The van der Waals surface area contributed by atoms with Crippen LogP contribution in [0.2, 0.25) is 0 Å². The third-order valence-corrected chi connectivity index (χ3v) is 3.04. The van der Waals surface area contributed by atoms with E-state index in [1.807, 2.05) is 0 Å². The number of piperazine rings is 1. The van der Waals surface area contributed by atoms with Gasteiger partial charge in [-0.3, -0.25) is 9.59 Å². The van der Waals surface area contributed by atoms with Gasteiger partial charge >= 0.3 is 0 Å². The van der Waals surface area contributed by atoms with Gasteiger partial charge in [-0.15, -0.1) is 0 Å². The number of nitrogens with zero attached hydrogens (tertiary/aromatic N) is 1. The predicted molar refractivity (Wildman–Crippen MR) is 66.7 cm³/mol. The Kier molecular flexibility index (Phi) is 3.57. The molecule has 1 aromatic carbocycles. The maximum absolute atomic E-state index is 12.3. The number of phenolic OH excluding ortho intramolecular Hbond substituents is 2. The fraction of sp³-hybridized carbons (Fsp3) is 0.333. The van der Waals surface area contributed by atoms with Crippen molar-refractivity contribution in [2.75, 3.05) is 19.6 Å². The molecule has 7 heteroatoms. The molecule has 1 fully saturated rings. The van der Waals surface area contributed by atoms with E-state index in [0.29, 0.717) is 19.6 Å². The van der Waals surface area contributed by atoms with E-state index in [1.165, 1.54) is 17.0 Å². The lowest BCUT2D eigenvalue weighted by Gasteiger charge is -2.34. The summed E-state index contributed by atoms with van der Waals surface area (Å²) in [6.45, 7) is 1.17. The number of carbonyl (C=O) groups is 2. The molecule has 102 valence electrons. The summed E-state index contributed by atoms with van der Waals surface area (Å²) >= 11 is 0. The molecular formula is C12H15N3O4. The highest BCUT2D eigenvalue weighted by Crippen LogP contribution is 2.24. The van der Waals surface area contributed by atoms with Crippen LogP contribution in [-0.4, -0.2) is 52.6 Å². The summed E-state index contributed by atoms with van der Waals surface area (Å²) in [5.41, 5.74) is 5.29. The Hall–Kier alpha value is -2.28. The van der Waals surface area contributed by atoms with Gasteiger partial charge in [-0.25, -0.2) is 0 Å². The van der Waals surface area contributed by atoms with Gasteiger partial charge in [0.05, 0.1) is 5.56 Å². The Morgan fingerprint density at radius 2 is 2.11 bits per heavy atom. The van der Waals surface area contributed by atoms with E-state index in [9.17, 15) is 19.8 Å². The van der Waals surface area contributed by atoms with Gasteiger partial charge in [-0.05, 0) is 12.1 Å². The van der Waals surface area contributed by atoms with E-state index in [0.717, 1.165) is 6.07 Å². The second-order valence-electron chi connectivity index (χ2n) is 4.32. The molecule has 1 atom stereocenters. The minimum absolute atomic E-state index is 0.0333. The molecule has 2 amide bonds. The van der Waals surface area contributed by atoms with Crippen LogP contribution < -0.4 is 11.1 Å². The lowest BCUT2D eigenvalue weighted by Crippen LogP contribution is -2.58. The van der Waals surface area contributed by atoms with E-state index in [1.54, 1.807) is 0 Å². The molecule has 0 bridgehead atoms. The summed E-state index contributed by atoms with van der Waals surface area (Å²) in [4.78, 5) is 24.9. The second kappa shape index (κ2) is 5.15. The largest absolute Gasteiger partial charge is 0.508 e. The molecule has 19 heavy (non-hydrogen) atoms. The van der Waals surface area contributed by atoms with Gasteiger partial charge in [0.15, 0.2) is 0 Å². The number of nitrogens with two attached hydrogens (primary N) is 1. The number of carbonyl (C=O) groups excluding carboxylic acids is 2. The first-order valence-electron chi connectivity index (χ1n) is 5.83. The van der Waals surface area contributed by atoms with Gasteiger partial charge in [0.1, 0.15) is 17.5 Å². The molecule has 0 radical (unpaired) electrons. The lowest BCUT2D eigenvalue weighted by atomic mass is 10.1. The monoisotopic (exact) mass is 265 g/mol. The van der Waals surface area contributed by atoms with Crippen molar-refractivity contribution in [1.82, 2.24) is 10.2 Å². The molecule has 0 spiro atoms. The van der Waals surface area contributed by atoms with Gasteiger partial charge in [0.25, 0.3) is 5.91 Å². The SMILES string of the molecule is NC(=O)C1CNCCN1C(=O)c1ccc(O)cc1O. The minimum Gasteiger partial charge on any atom is -0.508 e. The van der Waals surface area contributed by atoms with Crippen LogP contribution in [0.25, 0.3) is 0 Å². The first-order chi connectivity index (χ1) is 9.00. The number of hydrogen-bond acceptors (Lipinski definition) is 5. The third-order valence-electron chi connectivity index (χ3n) is 3.04. The molecule has 0 aliphatic carbocycles. The van der Waals surface area contributed by atoms with Crippen LogP contribution in [0.15, 0.2) is 18.2 Å². The molecule has 5 N–H and O–H groups in total. The number of phenols is 2. The van der Waals surface area contributed by atoms with Gasteiger partial charge in [-0.1, -0.05) is 0 Å². The molecule has 1 heterocycles. The Morgan fingerprint density at radius 1 is 1.37 bits per heavy atom. The van der Waals surface area contributed by atoms with E-state index in [-0.39, 0.29) is 17.1 Å². The normalized spacial score (nSPS) is 19.2. The Balaban J connectivity index is 2.28. The topological polar surface area (TPSA) is 116 Å². The van der Waals surface area contributed by atoms with Crippen molar-refractivity contribution in [2.24, 2.45) is 5.73 Å². The van der Waals surface area contributed by atoms with Crippen LogP contribution in [0.5, 0.6) is 11.5 Å². The van der Waals surface area contributed by atoms with E-state index < -0.39 is 17.9 Å². The van der Waals surface area contributed by atoms with Gasteiger partial charge in [0, 0.05) is 25.7 Å². The zero-order valence-electron chi connectivity index (χ0n) is 10.2. The highest BCUT2D eigenvalue weighted by Gasteiger charge is 2.32. The van der Waals surface area contributed by atoms with Crippen molar-refractivity contribution in [3.05, 3.63) is 23.8 Å². The second-order valence-corrected chi connectivity index (χ2v) is 4.32. The first-order valence-corrected chi connectivity index (χ1v) is 5.83. The van der Waals surface area contributed by atoms with Crippen molar-refractivity contribution in [1.29, 1.82) is 0 Å². The highest BCUT2D eigenvalue weighted by atomic mass is 16.3. The fourth-order valence-electron chi connectivity index (χ4n) is 2.06. The number of nitrogens with one attached hydrogen (secondary N) is 1. The van der Waals surface area contributed by atoms with E-state index >= 15 is 0 Å². The average Bonchev–Trinajstić information content (AvgIpc) is 2.38. The van der Waals surface area contributed by atoms with E-state index in [2.05, 4.69) is 5.32 Å². The van der Waals surface area contributed by atoms with Crippen LogP contribution in [-0.2, 0) is 4.79 Å². The summed E-state index contributed by atoms with van der Waals surface area (Å²) in [7, 11) is 0. The number of amides is 2. The molecule has 1 unspecified atom stereocenters. The molecule has 7 nitrogen and oxygen atoms in total. The number of aromatic hydroxyl groups is 2. The van der Waals surface area contributed by atoms with Crippen molar-refractivity contribution in [2.45, 2.75) is 6.04 Å².